The maximum Gasteiger partial charge on any atom is 0.196 e. The smallest absolute Gasteiger partial charge is 0.196 e. The Kier molecular flexibility index (Phi) is 3.53. The van der Waals surface area contributed by atoms with Gasteiger partial charge in [0.15, 0.2) is 11.6 Å². The second-order valence-electron chi connectivity index (χ2n) is 3.61. The molecule has 0 saturated heterocycles. The predicted molar refractivity (Wildman–Crippen MR) is 59.7 cm³/mol. The van der Waals surface area contributed by atoms with Crippen LogP contribution in [-0.4, -0.2) is 16.5 Å². The number of halogens is 3. The molecular formula is C10H9BrClFO2. The molecule has 82 valence electrons. The number of rotatable bonds is 2. The van der Waals surface area contributed by atoms with E-state index in [1.54, 1.807) is 0 Å². The van der Waals surface area contributed by atoms with Gasteiger partial charge in [-0.1, -0.05) is 11.6 Å². The molecule has 0 aliphatic carbocycles. The minimum atomic E-state index is -1.61. The summed E-state index contributed by atoms with van der Waals surface area (Å²) >= 11 is 8.66. The van der Waals surface area contributed by atoms with Crippen LogP contribution in [0.4, 0.5) is 4.39 Å². The van der Waals surface area contributed by atoms with E-state index in [4.69, 9.17) is 11.6 Å². The number of hydrogen-bond acceptors (Lipinski definition) is 2. The molecule has 0 aromatic heterocycles. The van der Waals surface area contributed by atoms with E-state index in [2.05, 4.69) is 15.9 Å². The van der Waals surface area contributed by atoms with E-state index in [1.807, 2.05) is 0 Å². The molecule has 0 radical (unpaired) electrons. The molecule has 0 heterocycles. The van der Waals surface area contributed by atoms with Crippen molar-refractivity contribution in [2.45, 2.75) is 19.4 Å². The number of carbonyl (C=O) groups excluding carboxylic acids is 1. The first kappa shape index (κ1) is 12.6. The Morgan fingerprint density at radius 2 is 2.07 bits per heavy atom. The lowest BCUT2D eigenvalue weighted by molar-refractivity contribution is 0.0483. The Morgan fingerprint density at radius 3 is 2.53 bits per heavy atom. The number of aliphatic hydroxyl groups is 1. The monoisotopic (exact) mass is 294 g/mol. The maximum atomic E-state index is 13.5. The van der Waals surface area contributed by atoms with Crippen LogP contribution >= 0.6 is 27.5 Å². The number of hydrogen-bond donors (Lipinski definition) is 1. The van der Waals surface area contributed by atoms with Gasteiger partial charge in [0.1, 0.15) is 5.60 Å². The molecule has 0 amide bonds. The third-order valence-corrected chi connectivity index (χ3v) is 3.09. The van der Waals surface area contributed by atoms with Gasteiger partial charge in [0.2, 0.25) is 0 Å². The SMILES string of the molecule is CC(C)(O)C(=O)c1ccc(Br)c(Cl)c1F. The van der Waals surface area contributed by atoms with Crippen molar-refractivity contribution in [3.8, 4) is 0 Å². The van der Waals surface area contributed by atoms with E-state index in [9.17, 15) is 14.3 Å². The van der Waals surface area contributed by atoms with E-state index in [0.29, 0.717) is 4.47 Å². The van der Waals surface area contributed by atoms with E-state index in [-0.39, 0.29) is 10.6 Å². The molecule has 15 heavy (non-hydrogen) atoms. The molecule has 0 spiro atoms. The molecule has 2 nitrogen and oxygen atoms in total. The van der Waals surface area contributed by atoms with E-state index in [0.717, 1.165) is 0 Å². The minimum Gasteiger partial charge on any atom is -0.382 e. The first-order valence-electron chi connectivity index (χ1n) is 4.16. The molecule has 0 bridgehead atoms. The Balaban J connectivity index is 3.29. The van der Waals surface area contributed by atoms with Gasteiger partial charge in [0.25, 0.3) is 0 Å². The largest absolute Gasteiger partial charge is 0.382 e. The third-order valence-electron chi connectivity index (χ3n) is 1.84. The van der Waals surface area contributed by atoms with Crippen molar-refractivity contribution in [1.29, 1.82) is 0 Å². The predicted octanol–water partition coefficient (Wildman–Crippen LogP) is 3.20. The number of ketones is 1. The van der Waals surface area contributed by atoms with E-state index < -0.39 is 17.2 Å². The van der Waals surface area contributed by atoms with Crippen LogP contribution in [0.3, 0.4) is 0 Å². The summed E-state index contributed by atoms with van der Waals surface area (Å²) in [5, 5.41) is 9.29. The van der Waals surface area contributed by atoms with Gasteiger partial charge in [-0.05, 0) is 41.9 Å². The summed E-state index contributed by atoms with van der Waals surface area (Å²) < 4.78 is 13.9. The average molecular weight is 296 g/mol. The Morgan fingerprint density at radius 1 is 1.53 bits per heavy atom. The van der Waals surface area contributed by atoms with Crippen molar-refractivity contribution in [1.82, 2.24) is 0 Å². The summed E-state index contributed by atoms with van der Waals surface area (Å²) in [5.41, 5.74) is -1.83. The highest BCUT2D eigenvalue weighted by Gasteiger charge is 2.28. The van der Waals surface area contributed by atoms with Crippen LogP contribution in [0, 0.1) is 5.82 Å². The van der Waals surface area contributed by atoms with Gasteiger partial charge in [-0.15, -0.1) is 0 Å². The van der Waals surface area contributed by atoms with Crippen molar-refractivity contribution < 1.29 is 14.3 Å². The van der Waals surface area contributed by atoms with Crippen LogP contribution in [-0.2, 0) is 0 Å². The van der Waals surface area contributed by atoms with Gasteiger partial charge >= 0.3 is 0 Å². The molecule has 0 atom stereocenters. The molecular weight excluding hydrogens is 286 g/mol. The van der Waals surface area contributed by atoms with E-state index >= 15 is 0 Å². The van der Waals surface area contributed by atoms with Gasteiger partial charge in [0.05, 0.1) is 10.6 Å². The summed E-state index contributed by atoms with van der Waals surface area (Å²) in [5.74, 6) is -1.52. The zero-order valence-electron chi connectivity index (χ0n) is 8.14. The second kappa shape index (κ2) is 4.20. The Hall–Kier alpha value is -0.450. The van der Waals surface area contributed by atoms with Crippen LogP contribution in [0.15, 0.2) is 16.6 Å². The molecule has 0 unspecified atom stereocenters. The molecule has 5 heteroatoms. The Bertz CT molecular complexity index is 413. The number of benzene rings is 1. The van der Waals surface area contributed by atoms with Crippen molar-refractivity contribution in [3.63, 3.8) is 0 Å². The summed E-state index contributed by atoms with van der Waals surface area (Å²) in [6.45, 7) is 2.59. The maximum absolute atomic E-state index is 13.5. The zero-order valence-corrected chi connectivity index (χ0v) is 10.5. The third kappa shape index (κ3) is 2.56. The summed E-state index contributed by atoms with van der Waals surface area (Å²) in [6.07, 6.45) is 0. The zero-order chi connectivity index (χ0) is 11.8. The van der Waals surface area contributed by atoms with Crippen LogP contribution in [0.2, 0.25) is 5.02 Å². The molecule has 0 fully saturated rings. The molecule has 0 saturated carbocycles. The lowest BCUT2D eigenvalue weighted by Crippen LogP contribution is -2.31. The highest BCUT2D eigenvalue weighted by molar-refractivity contribution is 9.10. The lowest BCUT2D eigenvalue weighted by atomic mass is 9.96. The molecule has 1 rings (SSSR count). The Labute approximate surface area is 100 Å². The van der Waals surface area contributed by atoms with Crippen LogP contribution in [0.1, 0.15) is 24.2 Å². The molecule has 1 aromatic rings. The molecule has 1 aromatic carbocycles. The van der Waals surface area contributed by atoms with Crippen LogP contribution in [0.5, 0.6) is 0 Å². The van der Waals surface area contributed by atoms with Gasteiger partial charge in [-0.25, -0.2) is 4.39 Å². The van der Waals surface area contributed by atoms with Crippen LogP contribution in [0.25, 0.3) is 0 Å². The highest BCUT2D eigenvalue weighted by Crippen LogP contribution is 2.29. The highest BCUT2D eigenvalue weighted by atomic mass is 79.9. The average Bonchev–Trinajstić information content (AvgIpc) is 2.12. The summed E-state index contributed by atoms with van der Waals surface area (Å²) in [7, 11) is 0. The summed E-state index contributed by atoms with van der Waals surface area (Å²) in [4.78, 5) is 11.6. The molecule has 1 N–H and O–H groups in total. The minimum absolute atomic E-state index is 0.162. The topological polar surface area (TPSA) is 37.3 Å². The van der Waals surface area contributed by atoms with Crippen molar-refractivity contribution in [2.75, 3.05) is 0 Å². The van der Waals surface area contributed by atoms with E-state index in [1.165, 1.54) is 26.0 Å². The quantitative estimate of drug-likeness (QED) is 0.672. The van der Waals surface area contributed by atoms with Gasteiger partial charge in [-0.2, -0.15) is 0 Å². The lowest BCUT2D eigenvalue weighted by Gasteiger charge is -2.16. The van der Waals surface area contributed by atoms with Gasteiger partial charge in [0, 0.05) is 4.47 Å². The van der Waals surface area contributed by atoms with Crippen molar-refractivity contribution in [2.24, 2.45) is 0 Å². The van der Waals surface area contributed by atoms with Crippen molar-refractivity contribution >= 4 is 33.3 Å². The fourth-order valence-corrected chi connectivity index (χ4v) is 1.50. The number of Topliss-reactive ketones (excluding diaryl/α,β-unsaturated/α-hetero) is 1. The first-order chi connectivity index (χ1) is 6.75. The number of carbonyl (C=O) groups is 1. The summed E-state index contributed by atoms with van der Waals surface area (Å²) in [6, 6.07) is 2.75. The standard InChI is InChI=1S/C10H9BrClFO2/c1-10(2,15)9(14)5-3-4-6(11)7(12)8(5)13/h3-4,15H,1-2H3. The van der Waals surface area contributed by atoms with Gasteiger partial charge in [-0.3, -0.25) is 4.79 Å². The normalized spacial score (nSPS) is 11.6. The molecule has 0 aliphatic heterocycles. The van der Waals surface area contributed by atoms with Crippen LogP contribution < -0.4 is 0 Å². The second-order valence-corrected chi connectivity index (χ2v) is 4.84. The first-order valence-corrected chi connectivity index (χ1v) is 5.33. The fourth-order valence-electron chi connectivity index (χ4n) is 1.03. The molecule has 0 aliphatic rings. The van der Waals surface area contributed by atoms with Crippen molar-refractivity contribution in [3.05, 3.63) is 33.0 Å². The van der Waals surface area contributed by atoms with Gasteiger partial charge < -0.3 is 5.11 Å². The fraction of sp³-hybridized carbons (Fsp3) is 0.300.